The Labute approximate surface area is 205 Å². The molecule has 1 N–H and O–H groups in total. The first-order valence-corrected chi connectivity index (χ1v) is 11.9. The predicted molar refractivity (Wildman–Crippen MR) is 130 cm³/mol. The number of hydrogen-bond donors (Lipinski definition) is 1. The van der Waals surface area contributed by atoms with Crippen molar-refractivity contribution in [2.75, 3.05) is 33.5 Å². The molecule has 1 saturated heterocycles. The molecule has 1 fully saturated rings. The summed E-state index contributed by atoms with van der Waals surface area (Å²) < 4.78 is 22.4. The van der Waals surface area contributed by atoms with Gasteiger partial charge in [-0.1, -0.05) is 6.07 Å². The van der Waals surface area contributed by atoms with Crippen LogP contribution < -0.4 is 14.2 Å². The van der Waals surface area contributed by atoms with Gasteiger partial charge in [-0.25, -0.2) is 0 Å². The summed E-state index contributed by atoms with van der Waals surface area (Å²) in [6.07, 6.45) is 0.751. The van der Waals surface area contributed by atoms with Gasteiger partial charge in [-0.3, -0.25) is 9.59 Å². The van der Waals surface area contributed by atoms with Crippen molar-refractivity contribution < 1.29 is 33.6 Å². The Bertz CT molecular complexity index is 1160. The van der Waals surface area contributed by atoms with E-state index >= 15 is 0 Å². The first-order chi connectivity index (χ1) is 16.9. The maximum atomic E-state index is 13.2. The van der Waals surface area contributed by atoms with E-state index in [-0.39, 0.29) is 30.6 Å². The lowest BCUT2D eigenvalue weighted by Crippen LogP contribution is -2.32. The van der Waals surface area contributed by atoms with Gasteiger partial charge in [0, 0.05) is 25.6 Å². The highest BCUT2D eigenvalue weighted by Gasteiger charge is 2.46. The van der Waals surface area contributed by atoms with E-state index in [4.69, 9.17) is 18.9 Å². The number of carbonyl (C=O) groups excluding carboxylic acids is 2. The molecule has 2 heterocycles. The number of carbonyl (C=O) groups is 2. The van der Waals surface area contributed by atoms with E-state index in [1.54, 1.807) is 30.3 Å². The number of ether oxygens (including phenoxy) is 4. The smallest absolute Gasteiger partial charge is 0.295 e. The number of aliphatic hydroxyl groups is 1. The summed E-state index contributed by atoms with van der Waals surface area (Å²) in [5.41, 5.74) is 2.08. The van der Waals surface area contributed by atoms with Crippen molar-refractivity contribution in [3.05, 3.63) is 58.7 Å². The fraction of sp³-hybridized carbons (Fsp3) is 0.407. The molecule has 0 saturated carbocycles. The van der Waals surface area contributed by atoms with Crippen LogP contribution >= 0.6 is 0 Å². The Kier molecular flexibility index (Phi) is 7.31. The Morgan fingerprint density at radius 1 is 1.09 bits per heavy atom. The molecule has 4 rings (SSSR count). The lowest BCUT2D eigenvalue weighted by molar-refractivity contribution is -0.140. The highest BCUT2D eigenvalue weighted by atomic mass is 16.5. The summed E-state index contributed by atoms with van der Waals surface area (Å²) in [6.45, 7) is 7.04. The lowest BCUT2D eigenvalue weighted by Gasteiger charge is -2.26. The zero-order valence-corrected chi connectivity index (χ0v) is 20.5. The molecule has 0 unspecified atom stereocenters. The third-order valence-electron chi connectivity index (χ3n) is 6.13. The van der Waals surface area contributed by atoms with Gasteiger partial charge in [0.05, 0.1) is 31.4 Å². The summed E-state index contributed by atoms with van der Waals surface area (Å²) in [4.78, 5) is 27.7. The van der Waals surface area contributed by atoms with E-state index in [0.29, 0.717) is 42.3 Å². The predicted octanol–water partition coefficient (Wildman–Crippen LogP) is 3.88. The van der Waals surface area contributed by atoms with Gasteiger partial charge in [0.1, 0.15) is 17.6 Å². The standard InChI is InChI=1S/C27H31NO7/c1-5-33-21-10-7-17(15-22(21)34-6-2)24-23(26(30)27(31)28(24)11-12-32-4)25(29)18-8-9-20-19(14-18)13-16(3)35-20/h7-10,14-16,24,29H,5-6,11-13H2,1-4H3/t16-,24+/m0/s1. The van der Waals surface area contributed by atoms with Gasteiger partial charge >= 0.3 is 0 Å². The van der Waals surface area contributed by atoms with Crippen LogP contribution in [-0.2, 0) is 20.7 Å². The van der Waals surface area contributed by atoms with Gasteiger partial charge in [-0.05, 0) is 62.2 Å². The maximum absolute atomic E-state index is 13.2. The van der Waals surface area contributed by atoms with Gasteiger partial charge in [0.15, 0.2) is 11.5 Å². The van der Waals surface area contributed by atoms with E-state index in [1.165, 1.54) is 12.0 Å². The number of hydrogen-bond acceptors (Lipinski definition) is 7. The molecule has 0 spiro atoms. The van der Waals surface area contributed by atoms with Crippen molar-refractivity contribution in [2.45, 2.75) is 39.3 Å². The third kappa shape index (κ3) is 4.71. The summed E-state index contributed by atoms with van der Waals surface area (Å²) in [5, 5.41) is 11.3. The Morgan fingerprint density at radius 2 is 1.83 bits per heavy atom. The normalized spacial score (nSPS) is 20.6. The number of amides is 1. The molecule has 186 valence electrons. The SMILES string of the molecule is CCOc1ccc([C@@H]2C(=C(O)c3ccc4c(c3)C[C@H](C)O4)C(=O)C(=O)N2CCOC)cc1OCC. The largest absolute Gasteiger partial charge is 0.507 e. The van der Waals surface area contributed by atoms with E-state index in [2.05, 4.69) is 0 Å². The molecule has 0 bridgehead atoms. The van der Waals surface area contributed by atoms with E-state index < -0.39 is 17.7 Å². The topological polar surface area (TPSA) is 94.5 Å². The van der Waals surface area contributed by atoms with Crippen LogP contribution in [0.25, 0.3) is 5.76 Å². The van der Waals surface area contributed by atoms with Crippen LogP contribution in [0.3, 0.4) is 0 Å². The van der Waals surface area contributed by atoms with Gasteiger partial charge in [-0.15, -0.1) is 0 Å². The molecule has 0 aliphatic carbocycles. The maximum Gasteiger partial charge on any atom is 0.295 e. The molecular formula is C27H31NO7. The Morgan fingerprint density at radius 3 is 2.54 bits per heavy atom. The van der Waals surface area contributed by atoms with Crippen LogP contribution in [0.4, 0.5) is 0 Å². The van der Waals surface area contributed by atoms with Crippen molar-refractivity contribution in [1.29, 1.82) is 0 Å². The van der Waals surface area contributed by atoms with Crippen molar-refractivity contribution >= 4 is 17.4 Å². The van der Waals surface area contributed by atoms with Crippen molar-refractivity contribution in [1.82, 2.24) is 4.90 Å². The second kappa shape index (κ2) is 10.4. The third-order valence-corrected chi connectivity index (χ3v) is 6.13. The number of benzene rings is 2. The first kappa shape index (κ1) is 24.6. The second-order valence-electron chi connectivity index (χ2n) is 8.51. The van der Waals surface area contributed by atoms with Gasteiger partial charge < -0.3 is 29.0 Å². The van der Waals surface area contributed by atoms with Gasteiger partial charge in [-0.2, -0.15) is 0 Å². The van der Waals surface area contributed by atoms with Crippen molar-refractivity contribution in [3.8, 4) is 17.2 Å². The average Bonchev–Trinajstić information content (AvgIpc) is 3.34. The Balaban J connectivity index is 1.84. The number of likely N-dealkylation sites (tertiary alicyclic amines) is 1. The Hall–Kier alpha value is -3.52. The first-order valence-electron chi connectivity index (χ1n) is 11.9. The summed E-state index contributed by atoms with van der Waals surface area (Å²) in [7, 11) is 1.53. The molecule has 8 nitrogen and oxygen atoms in total. The number of rotatable bonds is 9. The second-order valence-corrected chi connectivity index (χ2v) is 8.51. The quantitative estimate of drug-likeness (QED) is 0.330. The van der Waals surface area contributed by atoms with Gasteiger partial charge in [0.25, 0.3) is 11.7 Å². The van der Waals surface area contributed by atoms with Crippen LogP contribution in [0.5, 0.6) is 17.2 Å². The van der Waals surface area contributed by atoms with E-state index in [1.807, 2.05) is 26.8 Å². The van der Waals surface area contributed by atoms with Crippen LogP contribution in [0.15, 0.2) is 42.0 Å². The zero-order valence-electron chi connectivity index (χ0n) is 20.5. The highest BCUT2D eigenvalue weighted by Crippen LogP contribution is 2.42. The molecule has 8 heteroatoms. The van der Waals surface area contributed by atoms with Crippen LogP contribution in [-0.4, -0.2) is 61.3 Å². The molecule has 35 heavy (non-hydrogen) atoms. The summed E-state index contributed by atoms with van der Waals surface area (Å²) in [6, 6.07) is 9.81. The fourth-order valence-corrected chi connectivity index (χ4v) is 4.61. The molecule has 2 aliphatic rings. The molecule has 2 aromatic carbocycles. The number of Topliss-reactive ketones (excluding diaryl/α,β-unsaturated/α-hetero) is 1. The molecule has 2 aromatic rings. The average molecular weight is 482 g/mol. The minimum atomic E-state index is -0.802. The molecule has 2 aliphatic heterocycles. The van der Waals surface area contributed by atoms with E-state index in [0.717, 1.165) is 11.3 Å². The fourth-order valence-electron chi connectivity index (χ4n) is 4.61. The highest BCUT2D eigenvalue weighted by molar-refractivity contribution is 6.46. The minimum Gasteiger partial charge on any atom is -0.507 e. The summed E-state index contributed by atoms with van der Waals surface area (Å²) in [5.74, 6) is 0.202. The number of fused-ring (bicyclic) bond motifs is 1. The number of methoxy groups -OCH3 is 1. The number of nitrogens with zero attached hydrogens (tertiary/aromatic N) is 1. The molecule has 0 radical (unpaired) electrons. The number of ketones is 1. The minimum absolute atomic E-state index is 0.0321. The van der Waals surface area contributed by atoms with Crippen LogP contribution in [0, 0.1) is 0 Å². The lowest BCUT2D eigenvalue weighted by atomic mass is 9.94. The monoisotopic (exact) mass is 481 g/mol. The van der Waals surface area contributed by atoms with Crippen molar-refractivity contribution in [2.24, 2.45) is 0 Å². The molecular weight excluding hydrogens is 450 g/mol. The van der Waals surface area contributed by atoms with Crippen molar-refractivity contribution in [3.63, 3.8) is 0 Å². The summed E-state index contributed by atoms with van der Waals surface area (Å²) >= 11 is 0. The van der Waals surface area contributed by atoms with Crippen LogP contribution in [0.1, 0.15) is 43.5 Å². The van der Waals surface area contributed by atoms with Gasteiger partial charge in [0.2, 0.25) is 0 Å². The van der Waals surface area contributed by atoms with E-state index in [9.17, 15) is 14.7 Å². The van der Waals surface area contributed by atoms with Crippen LogP contribution in [0.2, 0.25) is 0 Å². The molecule has 2 atom stereocenters. The molecule has 0 aromatic heterocycles. The zero-order chi connectivity index (χ0) is 25.1. The number of aliphatic hydroxyl groups excluding tert-OH is 1. The molecule has 1 amide bonds.